The Hall–Kier alpha value is -5.10. The number of nitrogens with two attached hydrogens (primary N) is 1. The van der Waals surface area contributed by atoms with Gasteiger partial charge < -0.3 is 24.8 Å². The highest BCUT2D eigenvalue weighted by molar-refractivity contribution is 6.03. The summed E-state index contributed by atoms with van der Waals surface area (Å²) in [5.41, 5.74) is 9.69. The van der Waals surface area contributed by atoms with Gasteiger partial charge in [0.15, 0.2) is 0 Å². The number of carbonyl (C=O) groups is 2. The maximum Gasteiger partial charge on any atom is 0.246 e. The Morgan fingerprint density at radius 2 is 1.80 bits per heavy atom. The van der Waals surface area contributed by atoms with Crippen molar-refractivity contribution in [1.82, 2.24) is 24.3 Å². The summed E-state index contributed by atoms with van der Waals surface area (Å²) in [6, 6.07) is 17.6. The quantitative estimate of drug-likeness (QED) is 0.300. The number of fused-ring (bicyclic) bond motifs is 1. The van der Waals surface area contributed by atoms with Crippen molar-refractivity contribution in [1.29, 1.82) is 0 Å². The van der Waals surface area contributed by atoms with Gasteiger partial charge >= 0.3 is 0 Å². The lowest BCUT2D eigenvalue weighted by Gasteiger charge is -2.44. The molecule has 3 heterocycles. The van der Waals surface area contributed by atoms with E-state index < -0.39 is 0 Å². The molecule has 2 fully saturated rings. The summed E-state index contributed by atoms with van der Waals surface area (Å²) in [7, 11) is 1.93. The highest BCUT2D eigenvalue weighted by Gasteiger charge is 2.38. The second kappa shape index (κ2) is 10.8. The van der Waals surface area contributed by atoms with Crippen molar-refractivity contribution < 1.29 is 14.3 Å². The van der Waals surface area contributed by atoms with Crippen LogP contribution in [0.25, 0.3) is 22.2 Å². The molecule has 1 saturated heterocycles. The minimum atomic E-state index is -0.204. The smallest absolute Gasteiger partial charge is 0.246 e. The van der Waals surface area contributed by atoms with Crippen molar-refractivity contribution >= 4 is 28.7 Å². The van der Waals surface area contributed by atoms with E-state index in [0.29, 0.717) is 24.6 Å². The van der Waals surface area contributed by atoms with Crippen LogP contribution in [0.4, 0.5) is 5.82 Å². The van der Waals surface area contributed by atoms with Gasteiger partial charge in [0.25, 0.3) is 0 Å². The minimum Gasteiger partial charge on any atom is -0.457 e. The van der Waals surface area contributed by atoms with Gasteiger partial charge in [0.05, 0.1) is 5.39 Å². The zero-order valence-corrected chi connectivity index (χ0v) is 22.8. The third kappa shape index (κ3) is 5.00. The van der Waals surface area contributed by atoms with Crippen molar-refractivity contribution in [2.75, 3.05) is 25.4 Å². The summed E-state index contributed by atoms with van der Waals surface area (Å²) in [5, 5.41) is 0.764. The molecule has 1 aliphatic carbocycles. The van der Waals surface area contributed by atoms with Gasteiger partial charge in [-0.25, -0.2) is 9.97 Å². The number of carbonyl (C=O) groups excluding carboxylic acids is 2. The Labute approximate surface area is 238 Å². The lowest BCUT2D eigenvalue weighted by Crippen LogP contribution is -2.57. The predicted octanol–water partition coefficient (Wildman–Crippen LogP) is 4.00. The van der Waals surface area contributed by atoms with Crippen LogP contribution in [0.1, 0.15) is 18.5 Å². The molecule has 0 spiro atoms. The van der Waals surface area contributed by atoms with Gasteiger partial charge in [-0.15, -0.1) is 0 Å². The van der Waals surface area contributed by atoms with Gasteiger partial charge in [-0.05, 0) is 54.7 Å². The van der Waals surface area contributed by atoms with E-state index in [-0.39, 0.29) is 30.3 Å². The number of ether oxygens (including phenoxy) is 1. The van der Waals surface area contributed by atoms with E-state index in [1.54, 1.807) is 0 Å². The lowest BCUT2D eigenvalue weighted by molar-refractivity contribution is -0.147. The highest BCUT2D eigenvalue weighted by Crippen LogP contribution is 2.38. The summed E-state index contributed by atoms with van der Waals surface area (Å²) < 4.78 is 7.93. The molecular weight excluding hydrogens is 516 g/mol. The molecule has 2 amide bonds. The molecule has 0 atom stereocenters. The average molecular weight is 547 g/mol. The van der Waals surface area contributed by atoms with Crippen LogP contribution in [-0.4, -0.2) is 61.8 Å². The Kier molecular flexibility index (Phi) is 6.89. The molecule has 0 radical (unpaired) electrons. The molecule has 0 bridgehead atoms. The summed E-state index contributed by atoms with van der Waals surface area (Å²) in [4.78, 5) is 36.7. The molecule has 2 aliphatic rings. The highest BCUT2D eigenvalue weighted by atomic mass is 16.5. The molecule has 1 aliphatic heterocycles. The fourth-order valence-electron chi connectivity index (χ4n) is 5.54. The number of hydrogen-bond donors (Lipinski definition) is 1. The minimum absolute atomic E-state index is 0.0208. The number of nitrogens with zero attached hydrogens (tertiary/aromatic N) is 5. The summed E-state index contributed by atoms with van der Waals surface area (Å²) in [6.45, 7) is 4.69. The first-order valence-corrected chi connectivity index (χ1v) is 13.6. The number of anilines is 1. The van der Waals surface area contributed by atoms with Gasteiger partial charge in [-0.1, -0.05) is 42.8 Å². The number of benzene rings is 2. The fourth-order valence-corrected chi connectivity index (χ4v) is 5.54. The second-order valence-electron chi connectivity index (χ2n) is 10.3. The molecule has 41 heavy (non-hydrogen) atoms. The Morgan fingerprint density at radius 3 is 2.51 bits per heavy atom. The first-order valence-electron chi connectivity index (χ1n) is 13.6. The van der Waals surface area contributed by atoms with E-state index in [1.807, 2.05) is 71.1 Å². The van der Waals surface area contributed by atoms with Crippen LogP contribution in [0.3, 0.4) is 0 Å². The summed E-state index contributed by atoms with van der Waals surface area (Å²) in [5.74, 6) is 8.67. The number of rotatable bonds is 5. The van der Waals surface area contributed by atoms with Gasteiger partial charge in [0.1, 0.15) is 41.5 Å². The average Bonchev–Trinajstić information content (AvgIpc) is 3.25. The molecule has 4 aromatic rings. The lowest BCUT2D eigenvalue weighted by atomic mass is 9.79. The van der Waals surface area contributed by atoms with Gasteiger partial charge in [0.2, 0.25) is 11.8 Å². The van der Waals surface area contributed by atoms with Crippen molar-refractivity contribution in [2.24, 2.45) is 13.0 Å². The Balaban J connectivity index is 1.23. The molecule has 9 nitrogen and oxygen atoms in total. The Bertz CT molecular complexity index is 1690. The maximum absolute atomic E-state index is 12.7. The second-order valence-corrected chi connectivity index (χ2v) is 10.3. The van der Waals surface area contributed by atoms with Crippen LogP contribution < -0.4 is 10.5 Å². The fraction of sp³-hybridized carbons (Fsp3) is 0.250. The van der Waals surface area contributed by atoms with Crippen molar-refractivity contribution in [2.45, 2.75) is 18.9 Å². The number of aryl methyl sites for hydroxylation is 1. The topological polar surface area (TPSA) is 107 Å². The molecule has 0 unspecified atom stereocenters. The molecule has 2 aromatic carbocycles. The molecular formula is C32H30N6O3. The zero-order valence-electron chi connectivity index (χ0n) is 22.8. The van der Waals surface area contributed by atoms with E-state index in [4.69, 9.17) is 10.5 Å². The number of amides is 2. The van der Waals surface area contributed by atoms with Crippen LogP contribution in [0, 0.1) is 17.8 Å². The first kappa shape index (κ1) is 26.1. The number of aromatic nitrogens is 3. The molecule has 2 aromatic heterocycles. The summed E-state index contributed by atoms with van der Waals surface area (Å²) in [6.07, 6.45) is 4.33. The normalized spacial score (nSPS) is 18.4. The van der Waals surface area contributed by atoms with Gasteiger partial charge in [0, 0.05) is 37.7 Å². The van der Waals surface area contributed by atoms with Crippen LogP contribution in [-0.2, 0) is 16.6 Å². The van der Waals surface area contributed by atoms with E-state index in [0.717, 1.165) is 46.5 Å². The number of hydrogen-bond acceptors (Lipinski definition) is 6. The SMILES string of the molecule is C=CC(=O)N1CCN(C2CC(C#Cc3c(-c4ccc(Oc5ccccc5)cc4)c4c(N)ncnc4n3C)C2)C(=O)C1. The molecule has 206 valence electrons. The molecule has 9 heteroatoms. The van der Waals surface area contributed by atoms with Gasteiger partial charge in [-0.3, -0.25) is 9.59 Å². The summed E-state index contributed by atoms with van der Waals surface area (Å²) >= 11 is 0. The number of piperazine rings is 1. The third-order valence-electron chi connectivity index (χ3n) is 7.81. The monoisotopic (exact) mass is 546 g/mol. The van der Waals surface area contributed by atoms with Crippen molar-refractivity contribution in [3.63, 3.8) is 0 Å². The van der Waals surface area contributed by atoms with E-state index in [1.165, 1.54) is 17.3 Å². The Morgan fingerprint density at radius 1 is 1.07 bits per heavy atom. The number of para-hydroxylation sites is 1. The predicted molar refractivity (Wildman–Crippen MR) is 157 cm³/mol. The van der Waals surface area contributed by atoms with Gasteiger partial charge in [-0.2, -0.15) is 0 Å². The molecule has 1 saturated carbocycles. The van der Waals surface area contributed by atoms with E-state index in [9.17, 15) is 9.59 Å². The zero-order chi connectivity index (χ0) is 28.5. The number of nitrogen functional groups attached to an aromatic ring is 1. The van der Waals surface area contributed by atoms with E-state index >= 15 is 0 Å². The van der Waals surface area contributed by atoms with Crippen LogP contribution in [0.2, 0.25) is 0 Å². The third-order valence-corrected chi connectivity index (χ3v) is 7.81. The van der Waals surface area contributed by atoms with Crippen LogP contribution >= 0.6 is 0 Å². The van der Waals surface area contributed by atoms with E-state index in [2.05, 4.69) is 28.4 Å². The van der Waals surface area contributed by atoms with Crippen LogP contribution in [0.5, 0.6) is 11.5 Å². The van der Waals surface area contributed by atoms with Crippen molar-refractivity contribution in [3.8, 4) is 34.5 Å². The molecule has 2 N–H and O–H groups in total. The largest absolute Gasteiger partial charge is 0.457 e. The van der Waals surface area contributed by atoms with Crippen molar-refractivity contribution in [3.05, 3.63) is 79.3 Å². The first-order chi connectivity index (χ1) is 19.9. The standard InChI is InChI=1S/C32H30N6O3/c1-3-27(39)37-15-16-38(28(40)19-37)23-17-21(18-23)9-14-26-29(30-31(33)34-20-35-32(30)36(26)2)22-10-12-25(13-11-22)41-24-7-5-4-6-8-24/h3-8,10-13,20-21,23H,1,15-19H2,2H3,(H2,33,34,35). The maximum atomic E-state index is 12.7. The van der Waals surface area contributed by atoms with Crippen LogP contribution in [0.15, 0.2) is 73.6 Å². The molecule has 6 rings (SSSR count).